The van der Waals surface area contributed by atoms with Gasteiger partial charge in [0.15, 0.2) is 0 Å². The van der Waals surface area contributed by atoms with E-state index in [9.17, 15) is 0 Å². The number of benzene rings is 1. The van der Waals surface area contributed by atoms with Crippen molar-refractivity contribution in [2.75, 3.05) is 25.5 Å². The Morgan fingerprint density at radius 1 is 1.33 bits per heavy atom. The van der Waals surface area contributed by atoms with Gasteiger partial charge in [0.25, 0.3) is 0 Å². The number of hydrogen-bond acceptors (Lipinski definition) is 2. The first-order valence-corrected chi connectivity index (χ1v) is 6.19. The maximum Gasteiger partial charge on any atom is 0.0351 e. The van der Waals surface area contributed by atoms with Crippen molar-refractivity contribution in [2.45, 2.75) is 13.3 Å². The van der Waals surface area contributed by atoms with E-state index in [2.05, 4.69) is 45.6 Å². The van der Waals surface area contributed by atoms with Crippen molar-refractivity contribution in [3.05, 3.63) is 28.7 Å². The molecule has 0 spiro atoms. The number of halogens is 1. The van der Waals surface area contributed by atoms with E-state index in [-0.39, 0.29) is 0 Å². The summed E-state index contributed by atoms with van der Waals surface area (Å²) in [5.74, 6) is 0.689. The molecule has 2 N–H and O–H groups in total. The Balaban J connectivity index is 2.41. The molecule has 0 aliphatic carbocycles. The number of anilines is 1. The topological polar surface area (TPSA) is 24.1 Å². The second-order valence-electron chi connectivity index (χ2n) is 3.72. The molecule has 0 fully saturated rings. The molecule has 2 nitrogen and oxygen atoms in total. The quantitative estimate of drug-likeness (QED) is 0.830. The highest BCUT2D eigenvalue weighted by Gasteiger charge is 2.04. The van der Waals surface area contributed by atoms with Crippen LogP contribution in [-0.4, -0.2) is 20.1 Å². The van der Waals surface area contributed by atoms with Crippen LogP contribution < -0.4 is 10.6 Å². The highest BCUT2D eigenvalue weighted by atomic mass is 79.9. The average Bonchev–Trinajstić information content (AvgIpc) is 2.24. The van der Waals surface area contributed by atoms with Gasteiger partial charge >= 0.3 is 0 Å². The van der Waals surface area contributed by atoms with Crippen molar-refractivity contribution >= 4 is 21.6 Å². The standard InChI is InChI=1S/C12H19BrN2/c1-3-10(8-14-2)9-15-12-6-4-5-11(13)7-12/h4-7,10,14-15H,3,8-9H2,1-2H3. The lowest BCUT2D eigenvalue weighted by Crippen LogP contribution is -2.24. The molecular formula is C12H19BrN2. The van der Waals surface area contributed by atoms with E-state index in [0.29, 0.717) is 5.92 Å². The molecule has 84 valence electrons. The first-order valence-electron chi connectivity index (χ1n) is 5.40. The van der Waals surface area contributed by atoms with E-state index in [1.807, 2.05) is 19.2 Å². The Hall–Kier alpha value is -0.540. The largest absolute Gasteiger partial charge is 0.385 e. The van der Waals surface area contributed by atoms with Crippen LogP contribution in [0.4, 0.5) is 5.69 Å². The van der Waals surface area contributed by atoms with Gasteiger partial charge in [0, 0.05) is 16.7 Å². The minimum atomic E-state index is 0.689. The number of nitrogens with one attached hydrogen (secondary N) is 2. The smallest absolute Gasteiger partial charge is 0.0351 e. The molecule has 1 aromatic rings. The molecule has 0 aliphatic rings. The zero-order valence-corrected chi connectivity index (χ0v) is 11.0. The number of hydrogen-bond donors (Lipinski definition) is 2. The third-order valence-corrected chi connectivity index (χ3v) is 2.98. The first kappa shape index (κ1) is 12.5. The summed E-state index contributed by atoms with van der Waals surface area (Å²) in [6.07, 6.45) is 1.20. The summed E-state index contributed by atoms with van der Waals surface area (Å²) in [6, 6.07) is 8.28. The summed E-state index contributed by atoms with van der Waals surface area (Å²) in [5, 5.41) is 6.67. The highest BCUT2D eigenvalue weighted by Crippen LogP contribution is 2.16. The predicted octanol–water partition coefficient (Wildman–Crippen LogP) is 3.11. The summed E-state index contributed by atoms with van der Waals surface area (Å²) < 4.78 is 1.12. The van der Waals surface area contributed by atoms with Gasteiger partial charge in [0.05, 0.1) is 0 Å². The van der Waals surface area contributed by atoms with E-state index in [4.69, 9.17) is 0 Å². The Morgan fingerprint density at radius 3 is 2.73 bits per heavy atom. The summed E-state index contributed by atoms with van der Waals surface area (Å²) in [6.45, 7) is 4.32. The van der Waals surface area contributed by atoms with Gasteiger partial charge in [-0.3, -0.25) is 0 Å². The molecule has 0 radical (unpaired) electrons. The van der Waals surface area contributed by atoms with Crippen LogP contribution >= 0.6 is 15.9 Å². The monoisotopic (exact) mass is 270 g/mol. The molecule has 0 heterocycles. The SMILES string of the molecule is CCC(CNC)CNc1cccc(Br)c1. The van der Waals surface area contributed by atoms with Crippen molar-refractivity contribution < 1.29 is 0 Å². The van der Waals surface area contributed by atoms with Crippen LogP contribution in [0.5, 0.6) is 0 Å². The molecule has 3 heteroatoms. The average molecular weight is 271 g/mol. The molecule has 1 rings (SSSR count). The molecule has 0 amide bonds. The van der Waals surface area contributed by atoms with E-state index in [1.54, 1.807) is 0 Å². The lowest BCUT2D eigenvalue weighted by atomic mass is 10.1. The van der Waals surface area contributed by atoms with Crippen molar-refractivity contribution in [2.24, 2.45) is 5.92 Å². The van der Waals surface area contributed by atoms with Crippen LogP contribution in [0.2, 0.25) is 0 Å². The van der Waals surface area contributed by atoms with E-state index < -0.39 is 0 Å². The fourth-order valence-electron chi connectivity index (χ4n) is 1.51. The van der Waals surface area contributed by atoms with E-state index in [0.717, 1.165) is 17.6 Å². The summed E-state index contributed by atoms with van der Waals surface area (Å²) >= 11 is 3.46. The van der Waals surface area contributed by atoms with Crippen molar-refractivity contribution in [3.8, 4) is 0 Å². The molecular weight excluding hydrogens is 252 g/mol. The van der Waals surface area contributed by atoms with Crippen molar-refractivity contribution in [1.82, 2.24) is 5.32 Å². The molecule has 1 aromatic carbocycles. The van der Waals surface area contributed by atoms with Gasteiger partial charge in [0.2, 0.25) is 0 Å². The highest BCUT2D eigenvalue weighted by molar-refractivity contribution is 9.10. The zero-order valence-electron chi connectivity index (χ0n) is 9.39. The maximum atomic E-state index is 3.46. The second kappa shape index (κ2) is 6.85. The number of rotatable bonds is 6. The van der Waals surface area contributed by atoms with Crippen LogP contribution in [0, 0.1) is 5.92 Å². The minimum Gasteiger partial charge on any atom is -0.385 e. The zero-order chi connectivity index (χ0) is 11.1. The van der Waals surface area contributed by atoms with Gasteiger partial charge in [-0.1, -0.05) is 35.3 Å². The van der Waals surface area contributed by atoms with Crippen molar-refractivity contribution in [3.63, 3.8) is 0 Å². The first-order chi connectivity index (χ1) is 7.26. The van der Waals surface area contributed by atoms with Gasteiger partial charge in [-0.25, -0.2) is 0 Å². The van der Waals surface area contributed by atoms with Gasteiger partial charge in [-0.15, -0.1) is 0 Å². The minimum absolute atomic E-state index is 0.689. The normalized spacial score (nSPS) is 12.5. The fraction of sp³-hybridized carbons (Fsp3) is 0.500. The molecule has 0 saturated heterocycles. The van der Waals surface area contributed by atoms with Crippen molar-refractivity contribution in [1.29, 1.82) is 0 Å². The molecule has 1 atom stereocenters. The van der Waals surface area contributed by atoms with Crippen LogP contribution in [0.15, 0.2) is 28.7 Å². The van der Waals surface area contributed by atoms with E-state index in [1.165, 1.54) is 12.1 Å². The summed E-state index contributed by atoms with van der Waals surface area (Å²) in [4.78, 5) is 0. The lowest BCUT2D eigenvalue weighted by molar-refractivity contribution is 0.506. The third kappa shape index (κ3) is 4.67. The van der Waals surface area contributed by atoms with Gasteiger partial charge in [-0.2, -0.15) is 0 Å². The molecule has 0 saturated carbocycles. The fourth-order valence-corrected chi connectivity index (χ4v) is 1.91. The van der Waals surface area contributed by atoms with Gasteiger partial charge < -0.3 is 10.6 Å². The maximum absolute atomic E-state index is 3.46. The van der Waals surface area contributed by atoms with E-state index >= 15 is 0 Å². The van der Waals surface area contributed by atoms with Gasteiger partial charge in [0.1, 0.15) is 0 Å². The Kier molecular flexibility index (Phi) is 5.73. The molecule has 0 aliphatic heterocycles. The van der Waals surface area contributed by atoms with Crippen LogP contribution in [0.3, 0.4) is 0 Å². The molecule has 15 heavy (non-hydrogen) atoms. The Labute approximate surface area is 101 Å². The lowest BCUT2D eigenvalue weighted by Gasteiger charge is -2.16. The third-order valence-electron chi connectivity index (χ3n) is 2.49. The molecule has 1 unspecified atom stereocenters. The summed E-state index contributed by atoms with van der Waals surface area (Å²) in [7, 11) is 2.00. The molecule has 0 aromatic heterocycles. The van der Waals surface area contributed by atoms with Gasteiger partial charge in [-0.05, 0) is 37.7 Å². The Morgan fingerprint density at radius 2 is 2.13 bits per heavy atom. The second-order valence-corrected chi connectivity index (χ2v) is 4.64. The van der Waals surface area contributed by atoms with Crippen LogP contribution in [0.1, 0.15) is 13.3 Å². The van der Waals surface area contributed by atoms with Crippen LogP contribution in [-0.2, 0) is 0 Å². The predicted molar refractivity (Wildman–Crippen MR) is 70.3 cm³/mol. The Bertz CT molecular complexity index is 289. The van der Waals surface area contributed by atoms with Crippen LogP contribution in [0.25, 0.3) is 0 Å². The molecule has 0 bridgehead atoms. The summed E-state index contributed by atoms with van der Waals surface area (Å²) in [5.41, 5.74) is 1.18.